The molecule has 1 aromatic carbocycles. The average molecular weight is 263 g/mol. The van der Waals surface area contributed by atoms with Crippen LogP contribution in [-0.2, 0) is 6.61 Å². The van der Waals surface area contributed by atoms with Gasteiger partial charge in [0.25, 0.3) is 0 Å². The molecule has 0 saturated carbocycles. The molecule has 3 nitrogen and oxygen atoms in total. The van der Waals surface area contributed by atoms with E-state index in [9.17, 15) is 0 Å². The molecule has 0 aliphatic heterocycles. The molecular weight excluding hydrogens is 246 g/mol. The monoisotopic (exact) mass is 263 g/mol. The molecule has 0 atom stereocenters. The van der Waals surface area contributed by atoms with Gasteiger partial charge in [0.1, 0.15) is 23.8 Å². The van der Waals surface area contributed by atoms with Crippen molar-refractivity contribution in [2.24, 2.45) is 0 Å². The van der Waals surface area contributed by atoms with E-state index in [1.54, 1.807) is 11.3 Å². The molecule has 0 amide bonds. The van der Waals surface area contributed by atoms with E-state index in [0.29, 0.717) is 30.4 Å². The first-order valence-electron chi connectivity index (χ1n) is 5.97. The van der Waals surface area contributed by atoms with Gasteiger partial charge in [-0.25, -0.2) is 0 Å². The molecule has 2 rings (SSSR count). The van der Waals surface area contributed by atoms with Gasteiger partial charge >= 0.3 is 0 Å². The first kappa shape index (κ1) is 12.8. The third-order valence-corrected chi connectivity index (χ3v) is 3.29. The Kier molecular flexibility index (Phi) is 4.47. The maximum atomic E-state index is 6.02. The van der Waals surface area contributed by atoms with Crippen molar-refractivity contribution in [1.29, 1.82) is 0 Å². The zero-order chi connectivity index (χ0) is 12.8. The number of para-hydroxylation sites is 1. The quantitative estimate of drug-likeness (QED) is 0.808. The summed E-state index contributed by atoms with van der Waals surface area (Å²) < 4.78 is 11.3. The van der Waals surface area contributed by atoms with Crippen LogP contribution < -0.4 is 15.2 Å². The summed E-state index contributed by atoms with van der Waals surface area (Å²) in [7, 11) is 0. The normalized spacial score (nSPS) is 10.3. The predicted octanol–water partition coefficient (Wildman–Crippen LogP) is 3.70. The van der Waals surface area contributed by atoms with Gasteiger partial charge in [0, 0.05) is 4.88 Å². The number of nitrogens with two attached hydrogens (primary N) is 1. The van der Waals surface area contributed by atoms with Crippen LogP contribution in [0.1, 0.15) is 18.2 Å². The van der Waals surface area contributed by atoms with Crippen LogP contribution in [0.2, 0.25) is 0 Å². The second kappa shape index (κ2) is 6.31. The predicted molar refractivity (Wildman–Crippen MR) is 75.3 cm³/mol. The van der Waals surface area contributed by atoms with E-state index in [4.69, 9.17) is 15.2 Å². The Bertz CT molecular complexity index is 483. The fraction of sp³-hybridized carbons (Fsp3) is 0.286. The molecule has 18 heavy (non-hydrogen) atoms. The minimum atomic E-state index is 0.541. The highest BCUT2D eigenvalue weighted by molar-refractivity contribution is 7.09. The van der Waals surface area contributed by atoms with Crippen LogP contribution in [0.15, 0.2) is 35.7 Å². The highest BCUT2D eigenvalue weighted by atomic mass is 32.1. The Hall–Kier alpha value is -1.68. The van der Waals surface area contributed by atoms with Crippen LogP contribution in [-0.4, -0.2) is 6.61 Å². The van der Waals surface area contributed by atoms with E-state index >= 15 is 0 Å². The van der Waals surface area contributed by atoms with E-state index < -0.39 is 0 Å². The van der Waals surface area contributed by atoms with Gasteiger partial charge in [-0.05, 0) is 30.0 Å². The largest absolute Gasteiger partial charge is 0.491 e. The van der Waals surface area contributed by atoms with Crippen LogP contribution in [0.25, 0.3) is 0 Å². The second-order valence-electron chi connectivity index (χ2n) is 3.88. The number of ether oxygens (including phenoxy) is 2. The summed E-state index contributed by atoms with van der Waals surface area (Å²) >= 11 is 1.67. The van der Waals surface area contributed by atoms with Gasteiger partial charge in [0.2, 0.25) is 0 Å². The van der Waals surface area contributed by atoms with Gasteiger partial charge in [0.15, 0.2) is 0 Å². The summed E-state index contributed by atoms with van der Waals surface area (Å²) in [6.07, 6.45) is 0.958. The van der Waals surface area contributed by atoms with Crippen molar-refractivity contribution in [1.82, 2.24) is 0 Å². The van der Waals surface area contributed by atoms with E-state index in [1.807, 2.05) is 35.7 Å². The van der Waals surface area contributed by atoms with Crippen molar-refractivity contribution in [3.05, 3.63) is 40.6 Å². The standard InChI is InChI=1S/C14H17NO2S/c1-2-8-16-12-6-3-7-13(14(12)15)17-10-11-5-4-9-18-11/h3-7,9H,2,8,10,15H2,1H3. The van der Waals surface area contributed by atoms with Gasteiger partial charge in [-0.15, -0.1) is 11.3 Å². The smallest absolute Gasteiger partial charge is 0.146 e. The van der Waals surface area contributed by atoms with E-state index in [0.717, 1.165) is 6.42 Å². The molecule has 0 fully saturated rings. The Morgan fingerprint density at radius 3 is 2.56 bits per heavy atom. The molecule has 0 saturated heterocycles. The number of rotatable bonds is 6. The molecule has 0 spiro atoms. The van der Waals surface area contributed by atoms with Crippen molar-refractivity contribution in [2.45, 2.75) is 20.0 Å². The molecule has 2 N–H and O–H groups in total. The molecule has 0 radical (unpaired) electrons. The molecular formula is C14H17NO2S. The molecule has 0 bridgehead atoms. The van der Waals surface area contributed by atoms with Crippen molar-refractivity contribution in [3.63, 3.8) is 0 Å². The highest BCUT2D eigenvalue weighted by Gasteiger charge is 2.07. The van der Waals surface area contributed by atoms with Gasteiger partial charge in [-0.1, -0.05) is 19.1 Å². The summed E-state index contributed by atoms with van der Waals surface area (Å²) in [5.74, 6) is 1.37. The lowest BCUT2D eigenvalue weighted by atomic mass is 10.2. The fourth-order valence-electron chi connectivity index (χ4n) is 1.53. The number of hydrogen-bond donors (Lipinski definition) is 1. The Morgan fingerprint density at radius 1 is 1.11 bits per heavy atom. The van der Waals surface area contributed by atoms with Crippen molar-refractivity contribution in [2.75, 3.05) is 12.3 Å². The summed E-state index contributed by atoms with van der Waals surface area (Å²) in [4.78, 5) is 1.18. The average Bonchev–Trinajstić information content (AvgIpc) is 2.89. The maximum absolute atomic E-state index is 6.02. The highest BCUT2D eigenvalue weighted by Crippen LogP contribution is 2.32. The number of benzene rings is 1. The van der Waals surface area contributed by atoms with Gasteiger partial charge in [-0.2, -0.15) is 0 Å². The van der Waals surface area contributed by atoms with Crippen LogP contribution in [0, 0.1) is 0 Å². The summed E-state index contributed by atoms with van der Waals surface area (Å²) in [5, 5.41) is 2.03. The third-order valence-electron chi connectivity index (χ3n) is 2.44. The van der Waals surface area contributed by atoms with Gasteiger partial charge in [0.05, 0.1) is 6.61 Å². The number of anilines is 1. The SMILES string of the molecule is CCCOc1cccc(OCc2cccs2)c1N. The lowest BCUT2D eigenvalue weighted by Gasteiger charge is -2.12. The number of hydrogen-bond acceptors (Lipinski definition) is 4. The van der Waals surface area contributed by atoms with Crippen LogP contribution in [0.5, 0.6) is 11.5 Å². The van der Waals surface area contributed by atoms with E-state index in [-0.39, 0.29) is 0 Å². The Labute approximate surface area is 111 Å². The fourth-order valence-corrected chi connectivity index (χ4v) is 2.15. The number of nitrogen functional groups attached to an aromatic ring is 1. The molecule has 1 heterocycles. The maximum Gasteiger partial charge on any atom is 0.146 e. The zero-order valence-corrected chi connectivity index (χ0v) is 11.2. The Morgan fingerprint density at radius 2 is 1.89 bits per heavy atom. The molecule has 4 heteroatoms. The molecule has 0 aliphatic carbocycles. The Balaban J connectivity index is 2.03. The molecule has 0 aliphatic rings. The first-order chi connectivity index (χ1) is 8.81. The van der Waals surface area contributed by atoms with E-state index in [2.05, 4.69) is 6.92 Å². The van der Waals surface area contributed by atoms with Crippen molar-refractivity contribution >= 4 is 17.0 Å². The molecule has 1 aromatic heterocycles. The minimum Gasteiger partial charge on any atom is -0.491 e. The van der Waals surface area contributed by atoms with Crippen LogP contribution in [0.4, 0.5) is 5.69 Å². The van der Waals surface area contributed by atoms with E-state index in [1.165, 1.54) is 4.88 Å². The first-order valence-corrected chi connectivity index (χ1v) is 6.85. The van der Waals surface area contributed by atoms with Crippen LogP contribution in [0.3, 0.4) is 0 Å². The van der Waals surface area contributed by atoms with Gasteiger partial charge in [-0.3, -0.25) is 0 Å². The summed E-state index contributed by atoms with van der Waals surface area (Å²) in [5.41, 5.74) is 6.59. The van der Waals surface area contributed by atoms with Crippen molar-refractivity contribution < 1.29 is 9.47 Å². The zero-order valence-electron chi connectivity index (χ0n) is 10.4. The summed E-state index contributed by atoms with van der Waals surface area (Å²) in [6.45, 7) is 3.27. The topological polar surface area (TPSA) is 44.5 Å². The second-order valence-corrected chi connectivity index (χ2v) is 4.92. The molecule has 0 unspecified atom stereocenters. The van der Waals surface area contributed by atoms with Crippen LogP contribution >= 0.6 is 11.3 Å². The molecule has 2 aromatic rings. The molecule has 96 valence electrons. The summed E-state index contributed by atoms with van der Waals surface area (Å²) in [6, 6.07) is 9.67. The van der Waals surface area contributed by atoms with Crippen molar-refractivity contribution in [3.8, 4) is 11.5 Å². The number of thiophene rings is 1. The third kappa shape index (κ3) is 3.17. The minimum absolute atomic E-state index is 0.541. The van der Waals surface area contributed by atoms with Gasteiger partial charge < -0.3 is 15.2 Å². The lowest BCUT2D eigenvalue weighted by molar-refractivity contribution is 0.300. The lowest BCUT2D eigenvalue weighted by Crippen LogP contribution is -2.02.